The van der Waals surface area contributed by atoms with Crippen molar-refractivity contribution in [3.8, 4) is 5.69 Å². The Morgan fingerprint density at radius 3 is 2.38 bits per heavy atom. The highest BCUT2D eigenvalue weighted by molar-refractivity contribution is 5.97. The lowest BCUT2D eigenvalue weighted by Crippen LogP contribution is -2.12. The molecule has 1 N–H and O–H groups in total. The molecule has 0 aliphatic rings. The molecular formula is C16H18N2O3. The number of ketones is 1. The fraction of sp³-hybridized carbons (Fsp3) is 0.250. The van der Waals surface area contributed by atoms with E-state index in [1.54, 1.807) is 6.20 Å². The highest BCUT2D eigenvalue weighted by atomic mass is 16.4. The van der Waals surface area contributed by atoms with Gasteiger partial charge in [0.25, 0.3) is 0 Å². The molecule has 0 saturated carbocycles. The Morgan fingerprint density at radius 2 is 1.86 bits per heavy atom. The number of hydrogen-bond acceptors (Lipinski definition) is 3. The van der Waals surface area contributed by atoms with Gasteiger partial charge in [-0.25, -0.2) is 4.79 Å². The van der Waals surface area contributed by atoms with Crippen LogP contribution in [0.1, 0.15) is 33.3 Å². The van der Waals surface area contributed by atoms with Gasteiger partial charge in [0.2, 0.25) is 0 Å². The van der Waals surface area contributed by atoms with Crippen molar-refractivity contribution in [3.05, 3.63) is 47.3 Å². The molecular weight excluding hydrogens is 268 g/mol. The molecule has 5 heteroatoms. The van der Waals surface area contributed by atoms with Gasteiger partial charge in [0, 0.05) is 37.2 Å². The lowest BCUT2D eigenvalue weighted by molar-refractivity contribution is 0.0688. The summed E-state index contributed by atoms with van der Waals surface area (Å²) in [6.07, 6.45) is 1.57. The number of aromatic carboxylic acids is 1. The second-order valence-electron chi connectivity index (χ2n) is 5.21. The third-order valence-corrected chi connectivity index (χ3v) is 3.40. The molecule has 0 unspecified atom stereocenters. The molecule has 21 heavy (non-hydrogen) atoms. The van der Waals surface area contributed by atoms with Crippen LogP contribution in [0.15, 0.2) is 30.5 Å². The number of carboxylic acid groups (broad SMARTS) is 1. The van der Waals surface area contributed by atoms with Gasteiger partial charge in [-0.15, -0.1) is 0 Å². The van der Waals surface area contributed by atoms with E-state index in [4.69, 9.17) is 0 Å². The van der Waals surface area contributed by atoms with Gasteiger partial charge in [-0.05, 0) is 37.6 Å². The van der Waals surface area contributed by atoms with Gasteiger partial charge in [-0.3, -0.25) is 4.79 Å². The molecule has 110 valence electrons. The van der Waals surface area contributed by atoms with Crippen LogP contribution in [0.3, 0.4) is 0 Å². The molecule has 0 spiro atoms. The Balaban J connectivity index is 2.63. The van der Waals surface area contributed by atoms with E-state index < -0.39 is 5.97 Å². The summed E-state index contributed by atoms with van der Waals surface area (Å²) in [6.45, 7) is 3.42. The van der Waals surface area contributed by atoms with Gasteiger partial charge in [0.1, 0.15) is 5.69 Å². The molecule has 1 aromatic carbocycles. The third-order valence-electron chi connectivity index (χ3n) is 3.40. The number of benzene rings is 1. The van der Waals surface area contributed by atoms with E-state index in [2.05, 4.69) is 0 Å². The highest BCUT2D eigenvalue weighted by Crippen LogP contribution is 2.24. The maximum Gasteiger partial charge on any atom is 0.352 e. The summed E-state index contributed by atoms with van der Waals surface area (Å²) in [6, 6.07) is 7.09. The Hall–Kier alpha value is -2.56. The summed E-state index contributed by atoms with van der Waals surface area (Å²) < 4.78 is 1.53. The zero-order chi connectivity index (χ0) is 15.7. The first kappa shape index (κ1) is 14.8. The summed E-state index contributed by atoms with van der Waals surface area (Å²) >= 11 is 0. The maximum absolute atomic E-state index is 11.5. The maximum atomic E-state index is 11.5. The summed E-state index contributed by atoms with van der Waals surface area (Å²) in [5, 5.41) is 9.31. The van der Waals surface area contributed by atoms with E-state index in [9.17, 15) is 14.7 Å². The standard InChI is InChI=1S/C16H18N2O3/c1-10-5-6-13(8-14(10)17(3)4)18-9-12(11(2)19)7-15(18)16(20)21/h5-9H,1-4H3,(H,20,21). The molecule has 0 radical (unpaired) electrons. The largest absolute Gasteiger partial charge is 0.477 e. The van der Waals surface area contributed by atoms with Gasteiger partial charge in [-0.2, -0.15) is 0 Å². The van der Waals surface area contributed by atoms with Gasteiger partial charge < -0.3 is 14.6 Å². The van der Waals surface area contributed by atoms with Crippen LogP contribution in [-0.2, 0) is 0 Å². The number of anilines is 1. The van der Waals surface area contributed by atoms with Crippen molar-refractivity contribution < 1.29 is 14.7 Å². The van der Waals surface area contributed by atoms with Gasteiger partial charge in [0.05, 0.1) is 0 Å². The third kappa shape index (κ3) is 2.81. The van der Waals surface area contributed by atoms with Crippen LogP contribution in [0, 0.1) is 6.92 Å². The van der Waals surface area contributed by atoms with E-state index in [1.165, 1.54) is 17.6 Å². The van der Waals surface area contributed by atoms with Crippen molar-refractivity contribution in [1.29, 1.82) is 0 Å². The molecule has 5 nitrogen and oxygen atoms in total. The first-order valence-electron chi connectivity index (χ1n) is 6.56. The Labute approximate surface area is 123 Å². The normalized spacial score (nSPS) is 10.5. The summed E-state index contributed by atoms with van der Waals surface area (Å²) in [7, 11) is 3.86. The molecule has 1 heterocycles. The number of aryl methyl sites for hydroxylation is 1. The number of nitrogens with zero attached hydrogens (tertiary/aromatic N) is 2. The zero-order valence-electron chi connectivity index (χ0n) is 12.5. The minimum absolute atomic E-state index is 0.0776. The fourth-order valence-electron chi connectivity index (χ4n) is 2.26. The fourth-order valence-corrected chi connectivity index (χ4v) is 2.26. The average Bonchev–Trinajstić information content (AvgIpc) is 2.84. The lowest BCUT2D eigenvalue weighted by atomic mass is 10.1. The topological polar surface area (TPSA) is 62.5 Å². The van der Waals surface area contributed by atoms with Gasteiger partial charge >= 0.3 is 5.97 Å². The predicted molar refractivity (Wildman–Crippen MR) is 81.8 cm³/mol. The molecule has 0 fully saturated rings. The zero-order valence-corrected chi connectivity index (χ0v) is 12.5. The Bertz CT molecular complexity index is 714. The molecule has 0 saturated heterocycles. The van der Waals surface area contributed by atoms with Crippen LogP contribution in [0.4, 0.5) is 5.69 Å². The van der Waals surface area contributed by atoms with Gasteiger partial charge in [-0.1, -0.05) is 6.07 Å². The van der Waals surface area contributed by atoms with Gasteiger partial charge in [0.15, 0.2) is 5.78 Å². The van der Waals surface area contributed by atoms with Crippen LogP contribution >= 0.6 is 0 Å². The first-order chi connectivity index (χ1) is 9.81. The summed E-state index contributed by atoms with van der Waals surface area (Å²) in [5.41, 5.74) is 3.28. The summed E-state index contributed by atoms with van der Waals surface area (Å²) in [5.74, 6) is -1.22. The molecule has 1 aromatic heterocycles. The Kier molecular flexibility index (Phi) is 3.84. The average molecular weight is 286 g/mol. The number of Topliss-reactive ketones (excluding diaryl/α,β-unsaturated/α-hetero) is 1. The van der Waals surface area contributed by atoms with E-state index in [-0.39, 0.29) is 11.5 Å². The number of rotatable bonds is 4. The van der Waals surface area contributed by atoms with Crippen LogP contribution in [0.25, 0.3) is 5.69 Å². The van der Waals surface area contributed by atoms with Crippen LogP contribution < -0.4 is 4.90 Å². The molecule has 0 atom stereocenters. The number of carbonyl (C=O) groups is 2. The monoisotopic (exact) mass is 286 g/mol. The van der Waals surface area contributed by atoms with Crippen LogP contribution in [0.2, 0.25) is 0 Å². The number of hydrogen-bond donors (Lipinski definition) is 1. The molecule has 2 aromatic rings. The molecule has 0 bridgehead atoms. The molecule has 0 aliphatic heterocycles. The van der Waals surface area contributed by atoms with Crippen LogP contribution in [-0.4, -0.2) is 35.5 Å². The number of carboxylic acids is 1. The van der Waals surface area contributed by atoms with E-state index in [0.29, 0.717) is 11.3 Å². The SMILES string of the molecule is CC(=O)c1cc(C(=O)O)n(-c2ccc(C)c(N(C)C)c2)c1. The second kappa shape index (κ2) is 5.44. The second-order valence-corrected chi connectivity index (χ2v) is 5.21. The number of aromatic nitrogens is 1. The molecule has 0 aliphatic carbocycles. The van der Waals surface area contributed by atoms with Crippen molar-refractivity contribution in [2.45, 2.75) is 13.8 Å². The van der Waals surface area contributed by atoms with Crippen molar-refractivity contribution in [2.75, 3.05) is 19.0 Å². The van der Waals surface area contributed by atoms with E-state index >= 15 is 0 Å². The first-order valence-corrected chi connectivity index (χ1v) is 6.56. The smallest absolute Gasteiger partial charge is 0.352 e. The van der Waals surface area contributed by atoms with E-state index in [0.717, 1.165) is 11.3 Å². The number of carbonyl (C=O) groups excluding carboxylic acids is 1. The van der Waals surface area contributed by atoms with Crippen molar-refractivity contribution in [2.24, 2.45) is 0 Å². The predicted octanol–water partition coefficient (Wildman–Crippen LogP) is 2.75. The lowest BCUT2D eigenvalue weighted by Gasteiger charge is -2.17. The van der Waals surface area contributed by atoms with Crippen molar-refractivity contribution in [3.63, 3.8) is 0 Å². The quantitative estimate of drug-likeness (QED) is 0.878. The van der Waals surface area contributed by atoms with Crippen LogP contribution in [0.5, 0.6) is 0 Å². The van der Waals surface area contributed by atoms with E-state index in [1.807, 2.05) is 44.1 Å². The minimum Gasteiger partial charge on any atom is -0.477 e. The van der Waals surface area contributed by atoms with Crippen molar-refractivity contribution >= 4 is 17.4 Å². The molecule has 2 rings (SSSR count). The highest BCUT2D eigenvalue weighted by Gasteiger charge is 2.16. The Morgan fingerprint density at radius 1 is 1.19 bits per heavy atom. The van der Waals surface area contributed by atoms with Crippen molar-refractivity contribution in [1.82, 2.24) is 4.57 Å². The minimum atomic E-state index is -1.06. The summed E-state index contributed by atoms with van der Waals surface area (Å²) in [4.78, 5) is 24.8. The molecule has 0 amide bonds.